The van der Waals surface area contributed by atoms with Gasteiger partial charge in [0.15, 0.2) is 11.6 Å². The van der Waals surface area contributed by atoms with Crippen molar-refractivity contribution >= 4 is 33.5 Å². The normalized spacial score (nSPS) is 24.2. The van der Waals surface area contributed by atoms with E-state index in [1.165, 1.54) is 17.0 Å². The maximum absolute atomic E-state index is 14.8. The lowest BCUT2D eigenvalue weighted by atomic mass is 10.0. The number of nitrogens with zero attached hydrogens (tertiary/aromatic N) is 3. The van der Waals surface area contributed by atoms with Gasteiger partial charge in [0.05, 0.1) is 10.6 Å². The number of hydrogen-bond donors (Lipinski definition) is 3. The lowest BCUT2D eigenvalue weighted by Gasteiger charge is -2.24. The number of aromatic amines is 1. The Kier molecular flexibility index (Phi) is 5.16. The summed E-state index contributed by atoms with van der Waals surface area (Å²) in [5.41, 5.74) is 1.08. The van der Waals surface area contributed by atoms with Crippen LogP contribution in [-0.4, -0.2) is 59.0 Å². The van der Waals surface area contributed by atoms with Crippen molar-refractivity contribution in [2.75, 3.05) is 11.9 Å². The number of carbonyl (C=O) groups is 2. The number of amides is 3. The predicted octanol–water partition coefficient (Wildman–Crippen LogP) is 2.39. The molecular weight excluding hydrogens is 451 g/mol. The topological polar surface area (TPSA) is 128 Å². The average Bonchev–Trinajstić information content (AvgIpc) is 3.51. The van der Waals surface area contributed by atoms with Gasteiger partial charge < -0.3 is 10.2 Å². The monoisotopic (exact) mass is 476 g/mol. The molecule has 33 heavy (non-hydrogen) atoms. The average molecular weight is 477 g/mol. The van der Waals surface area contributed by atoms with E-state index >= 15 is 0 Å². The highest BCUT2D eigenvalue weighted by Crippen LogP contribution is 2.39. The summed E-state index contributed by atoms with van der Waals surface area (Å²) in [4.78, 5) is 28.1. The van der Waals surface area contributed by atoms with E-state index in [1.54, 1.807) is 11.0 Å². The summed E-state index contributed by atoms with van der Waals surface area (Å²) in [6, 6.07) is 4.13. The molecule has 0 bridgehead atoms. The van der Waals surface area contributed by atoms with Crippen molar-refractivity contribution in [3.05, 3.63) is 35.3 Å². The third-order valence-electron chi connectivity index (χ3n) is 6.65. The van der Waals surface area contributed by atoms with Crippen LogP contribution in [0.4, 0.5) is 20.7 Å². The van der Waals surface area contributed by atoms with Crippen LogP contribution in [0, 0.1) is 5.82 Å². The minimum absolute atomic E-state index is 0.0274. The summed E-state index contributed by atoms with van der Waals surface area (Å²) < 4.78 is 40.9. The number of halogens is 1. The Balaban J connectivity index is 1.28. The third kappa shape index (κ3) is 3.66. The van der Waals surface area contributed by atoms with Crippen molar-refractivity contribution in [1.82, 2.24) is 24.7 Å². The quantitative estimate of drug-likeness (QED) is 0.569. The van der Waals surface area contributed by atoms with Crippen LogP contribution in [0.15, 0.2) is 23.1 Å². The molecule has 0 radical (unpaired) electrons. The number of urea groups is 1. The van der Waals surface area contributed by atoms with Crippen LogP contribution in [0.3, 0.4) is 0 Å². The maximum Gasteiger partial charge on any atom is 0.327 e. The van der Waals surface area contributed by atoms with Gasteiger partial charge in [-0.2, -0.15) is 5.10 Å². The molecule has 10 nitrogen and oxygen atoms in total. The number of hydrogen-bond acceptors (Lipinski definition) is 6. The zero-order chi connectivity index (χ0) is 23.5. The number of imide groups is 1. The highest BCUT2D eigenvalue weighted by Gasteiger charge is 2.44. The van der Waals surface area contributed by atoms with Crippen LogP contribution in [0.2, 0.25) is 0 Å². The first kappa shape index (κ1) is 21.8. The molecule has 3 N–H and O–H groups in total. The van der Waals surface area contributed by atoms with Crippen molar-refractivity contribution in [2.24, 2.45) is 0 Å². The van der Waals surface area contributed by atoms with Gasteiger partial charge in [0.1, 0.15) is 6.54 Å². The van der Waals surface area contributed by atoms with Gasteiger partial charge in [0.2, 0.25) is 10.0 Å². The van der Waals surface area contributed by atoms with Gasteiger partial charge in [-0.3, -0.25) is 14.8 Å². The summed E-state index contributed by atoms with van der Waals surface area (Å²) in [5, 5.41) is 10.1. The number of sulfonamides is 1. The molecule has 5 rings (SSSR count). The first-order valence-electron chi connectivity index (χ1n) is 10.9. The van der Waals surface area contributed by atoms with Gasteiger partial charge >= 0.3 is 6.03 Å². The van der Waals surface area contributed by atoms with E-state index in [-0.39, 0.29) is 59.2 Å². The van der Waals surface area contributed by atoms with Gasteiger partial charge in [-0.1, -0.05) is 0 Å². The van der Waals surface area contributed by atoms with Gasteiger partial charge in [0.25, 0.3) is 5.91 Å². The number of benzene rings is 1. The van der Waals surface area contributed by atoms with Gasteiger partial charge in [-0.25, -0.2) is 22.3 Å². The van der Waals surface area contributed by atoms with Crippen LogP contribution in [0.25, 0.3) is 0 Å². The minimum Gasteiger partial charge on any atom is -0.336 e. The Morgan fingerprint density at radius 3 is 2.76 bits per heavy atom. The Morgan fingerprint density at radius 2 is 2.03 bits per heavy atom. The third-order valence-corrected chi connectivity index (χ3v) is 8.13. The van der Waals surface area contributed by atoms with E-state index in [2.05, 4.69) is 20.2 Å². The first-order valence-corrected chi connectivity index (χ1v) is 12.4. The van der Waals surface area contributed by atoms with Gasteiger partial charge in [-0.05, 0) is 45.2 Å². The smallest absolute Gasteiger partial charge is 0.327 e. The van der Waals surface area contributed by atoms with E-state index in [1.807, 2.05) is 13.8 Å². The van der Waals surface area contributed by atoms with Crippen molar-refractivity contribution in [3.8, 4) is 0 Å². The standard InChI is InChI=1S/C21H25FN6O4S/c1-11(2)27-10-19(29)28(21(27)30)13-4-3-12(7-13)16-8-18(26-25-16)24-15-5-6-17-14(20(15)22)9-23-33(17,31)32/h5-6,8,11-13,23H,3-4,7,9-10H2,1-2H3,(H2,24,25,26). The van der Waals surface area contributed by atoms with Gasteiger partial charge in [0, 0.05) is 41.9 Å². The number of fused-ring (bicyclic) bond motifs is 1. The summed E-state index contributed by atoms with van der Waals surface area (Å²) in [6.45, 7) is 3.82. The number of carbonyl (C=O) groups excluding carboxylic acids is 2. The Labute approximate surface area is 190 Å². The van der Waals surface area contributed by atoms with E-state index in [0.29, 0.717) is 12.2 Å². The second-order valence-corrected chi connectivity index (χ2v) is 10.7. The zero-order valence-corrected chi connectivity index (χ0v) is 19.1. The molecule has 1 aliphatic carbocycles. The van der Waals surface area contributed by atoms with E-state index in [0.717, 1.165) is 18.5 Å². The van der Waals surface area contributed by atoms with E-state index in [4.69, 9.17) is 0 Å². The molecule has 1 saturated carbocycles. The van der Waals surface area contributed by atoms with Crippen LogP contribution in [0.1, 0.15) is 50.3 Å². The summed E-state index contributed by atoms with van der Waals surface area (Å²) in [7, 11) is -3.65. The highest BCUT2D eigenvalue weighted by atomic mass is 32.2. The maximum atomic E-state index is 14.8. The Morgan fingerprint density at radius 1 is 1.24 bits per heavy atom. The number of rotatable bonds is 5. The van der Waals surface area contributed by atoms with Crippen LogP contribution in [0.5, 0.6) is 0 Å². The Hall–Kier alpha value is -2.99. The first-order chi connectivity index (χ1) is 15.7. The molecule has 3 heterocycles. The molecule has 1 aromatic carbocycles. The minimum atomic E-state index is -3.65. The number of anilines is 2. The SMILES string of the molecule is CC(C)N1CC(=O)N(C2CCC(c3cc(Nc4ccc5c(c4F)CNS5(=O)=O)n[nH]3)C2)C1=O. The number of nitrogens with one attached hydrogen (secondary N) is 3. The zero-order valence-electron chi connectivity index (χ0n) is 18.3. The molecule has 2 fully saturated rings. The highest BCUT2D eigenvalue weighted by molar-refractivity contribution is 7.89. The van der Waals surface area contributed by atoms with Crippen molar-refractivity contribution < 1.29 is 22.4 Å². The van der Waals surface area contributed by atoms with Crippen molar-refractivity contribution in [2.45, 2.75) is 62.6 Å². The lowest BCUT2D eigenvalue weighted by molar-refractivity contribution is -0.126. The molecule has 2 aliphatic heterocycles. The molecule has 2 aromatic rings. The fraction of sp³-hybridized carbons (Fsp3) is 0.476. The fourth-order valence-electron chi connectivity index (χ4n) is 4.88. The summed E-state index contributed by atoms with van der Waals surface area (Å²) in [6.07, 6.45) is 2.15. The predicted molar refractivity (Wildman–Crippen MR) is 117 cm³/mol. The molecule has 12 heteroatoms. The van der Waals surface area contributed by atoms with E-state index < -0.39 is 15.8 Å². The molecule has 3 aliphatic rings. The van der Waals surface area contributed by atoms with Crippen LogP contribution < -0.4 is 10.0 Å². The van der Waals surface area contributed by atoms with Gasteiger partial charge in [-0.15, -0.1) is 0 Å². The number of H-pyrrole nitrogens is 1. The molecule has 176 valence electrons. The largest absolute Gasteiger partial charge is 0.336 e. The second-order valence-electron chi connectivity index (χ2n) is 8.99. The molecule has 3 amide bonds. The molecule has 2 unspecified atom stereocenters. The molecular formula is C21H25FN6O4S. The van der Waals surface area contributed by atoms with Crippen LogP contribution in [-0.2, 0) is 21.4 Å². The molecule has 1 saturated heterocycles. The van der Waals surface area contributed by atoms with E-state index in [9.17, 15) is 22.4 Å². The summed E-state index contributed by atoms with van der Waals surface area (Å²) in [5.74, 6) is -0.298. The molecule has 2 atom stereocenters. The second kappa shape index (κ2) is 7.80. The summed E-state index contributed by atoms with van der Waals surface area (Å²) >= 11 is 0. The Bertz CT molecular complexity index is 1240. The number of aromatic nitrogens is 2. The van der Waals surface area contributed by atoms with Crippen LogP contribution >= 0.6 is 0 Å². The van der Waals surface area contributed by atoms with Crippen molar-refractivity contribution in [3.63, 3.8) is 0 Å². The molecule has 0 spiro atoms. The lowest BCUT2D eigenvalue weighted by Crippen LogP contribution is -2.41. The van der Waals surface area contributed by atoms with Crippen molar-refractivity contribution in [1.29, 1.82) is 0 Å². The molecule has 1 aromatic heterocycles. The fourth-order valence-corrected chi connectivity index (χ4v) is 6.10.